The molecule has 182 valence electrons. The number of carbonyl (C=O) groups excluding carboxylic acids is 2. The summed E-state index contributed by atoms with van der Waals surface area (Å²) in [5.74, 6) is 0.291. The van der Waals surface area contributed by atoms with Gasteiger partial charge in [-0.05, 0) is 36.2 Å². The van der Waals surface area contributed by atoms with Crippen LogP contribution < -0.4 is 15.4 Å². The van der Waals surface area contributed by atoms with Crippen molar-refractivity contribution in [2.45, 2.75) is 25.6 Å². The summed E-state index contributed by atoms with van der Waals surface area (Å²) in [5, 5.41) is 16.1. The normalized spacial score (nSPS) is 14.3. The predicted molar refractivity (Wildman–Crippen MR) is 132 cm³/mol. The maximum atomic E-state index is 13.3. The zero-order chi connectivity index (χ0) is 25.1. The van der Waals surface area contributed by atoms with Gasteiger partial charge in [-0.2, -0.15) is 0 Å². The second kappa shape index (κ2) is 10.3. The molecule has 0 radical (unpaired) electrons. The van der Waals surface area contributed by atoms with E-state index >= 15 is 0 Å². The highest BCUT2D eigenvalue weighted by Crippen LogP contribution is 2.32. The minimum atomic E-state index is -1.04. The van der Waals surface area contributed by atoms with Crippen molar-refractivity contribution < 1.29 is 19.4 Å². The Balaban J connectivity index is 1.54. The molecule has 4 rings (SSSR count). The number of nitrogens with zero attached hydrogens (tertiary/aromatic N) is 3. The Morgan fingerprint density at radius 1 is 1.29 bits per heavy atom. The number of benzene rings is 2. The van der Waals surface area contributed by atoms with Crippen LogP contribution >= 0.6 is 11.6 Å². The summed E-state index contributed by atoms with van der Waals surface area (Å²) < 4.78 is 5.25. The van der Waals surface area contributed by atoms with Crippen molar-refractivity contribution in [2.75, 3.05) is 26.1 Å². The van der Waals surface area contributed by atoms with E-state index in [0.29, 0.717) is 33.5 Å². The van der Waals surface area contributed by atoms with E-state index in [0.717, 1.165) is 11.1 Å². The first kappa shape index (κ1) is 24.4. The summed E-state index contributed by atoms with van der Waals surface area (Å²) in [7, 11) is 3.27. The summed E-state index contributed by atoms with van der Waals surface area (Å²) >= 11 is 6.29. The molecule has 0 saturated heterocycles. The summed E-state index contributed by atoms with van der Waals surface area (Å²) in [6.45, 7) is 1.53. The number of carbonyl (C=O) groups is 2. The molecular formula is C25H26ClN5O4. The molecule has 3 aromatic rings. The molecule has 2 heterocycles. The average molecular weight is 496 g/mol. The van der Waals surface area contributed by atoms with Gasteiger partial charge in [-0.1, -0.05) is 35.9 Å². The van der Waals surface area contributed by atoms with Gasteiger partial charge in [-0.3, -0.25) is 9.59 Å². The molecule has 1 aliphatic rings. The third kappa shape index (κ3) is 4.91. The first-order chi connectivity index (χ1) is 16.9. The van der Waals surface area contributed by atoms with Crippen LogP contribution in [-0.2, 0) is 11.3 Å². The van der Waals surface area contributed by atoms with Crippen molar-refractivity contribution >= 4 is 29.4 Å². The Bertz CT molecular complexity index is 1270. The second-order valence-corrected chi connectivity index (χ2v) is 8.56. The highest BCUT2D eigenvalue weighted by atomic mass is 35.5. The minimum Gasteiger partial charge on any atom is -0.497 e. The highest BCUT2D eigenvalue weighted by molar-refractivity contribution is 6.33. The molecule has 0 fully saturated rings. The van der Waals surface area contributed by atoms with Crippen LogP contribution in [0.4, 0.5) is 5.95 Å². The molecule has 2 unspecified atom stereocenters. The molecule has 9 nitrogen and oxygen atoms in total. The van der Waals surface area contributed by atoms with Crippen molar-refractivity contribution in [1.29, 1.82) is 0 Å². The van der Waals surface area contributed by atoms with Crippen LogP contribution in [0.2, 0.25) is 5.02 Å². The number of amides is 2. The predicted octanol–water partition coefficient (Wildman–Crippen LogP) is 3.04. The Kier molecular flexibility index (Phi) is 7.18. The van der Waals surface area contributed by atoms with Gasteiger partial charge in [0.1, 0.15) is 11.8 Å². The van der Waals surface area contributed by atoms with E-state index in [-0.39, 0.29) is 18.5 Å². The molecule has 2 aromatic carbocycles. The van der Waals surface area contributed by atoms with E-state index in [1.807, 2.05) is 43.3 Å². The maximum Gasteiger partial charge on any atom is 0.255 e. The molecule has 0 aliphatic carbocycles. The number of aliphatic hydroxyl groups is 1. The Labute approximate surface area is 208 Å². The van der Waals surface area contributed by atoms with Crippen LogP contribution in [0.1, 0.15) is 34.5 Å². The minimum absolute atomic E-state index is 0.208. The number of ether oxygens (including phenoxy) is 1. The smallest absolute Gasteiger partial charge is 0.255 e. The summed E-state index contributed by atoms with van der Waals surface area (Å²) in [6.07, 6.45) is 1.49. The summed E-state index contributed by atoms with van der Waals surface area (Å²) in [4.78, 5) is 36.2. The Hall–Kier alpha value is -3.69. The lowest BCUT2D eigenvalue weighted by molar-refractivity contribution is -0.127. The van der Waals surface area contributed by atoms with E-state index in [9.17, 15) is 14.7 Å². The van der Waals surface area contributed by atoms with Crippen LogP contribution in [-0.4, -0.2) is 58.6 Å². The van der Waals surface area contributed by atoms with Gasteiger partial charge < -0.3 is 25.4 Å². The van der Waals surface area contributed by atoms with Gasteiger partial charge in [-0.25, -0.2) is 9.97 Å². The third-order valence-corrected chi connectivity index (χ3v) is 6.26. The molecule has 35 heavy (non-hydrogen) atoms. The van der Waals surface area contributed by atoms with Crippen LogP contribution in [0.3, 0.4) is 0 Å². The van der Waals surface area contributed by atoms with E-state index < -0.39 is 18.6 Å². The fourth-order valence-electron chi connectivity index (χ4n) is 4.04. The SMILES string of the molecule is CNc1ncc(Cl)c(-c2ccc3c(c2)C(=O)N(C(CO)C(=O)NC(C)c2cccc(OC)c2)C3)n1. The molecule has 2 amide bonds. The topological polar surface area (TPSA) is 117 Å². The van der Waals surface area contributed by atoms with Crippen molar-refractivity contribution in [2.24, 2.45) is 0 Å². The Morgan fingerprint density at radius 2 is 2.09 bits per heavy atom. The van der Waals surface area contributed by atoms with Crippen molar-refractivity contribution in [3.05, 3.63) is 70.4 Å². The number of nitrogens with one attached hydrogen (secondary N) is 2. The van der Waals surface area contributed by atoms with Gasteiger partial charge in [0.05, 0.1) is 36.7 Å². The molecular weight excluding hydrogens is 470 g/mol. The number of methoxy groups -OCH3 is 1. The average Bonchev–Trinajstić information content (AvgIpc) is 3.20. The zero-order valence-corrected chi connectivity index (χ0v) is 20.3. The standard InChI is InChI=1S/C25H26ClN5O4/c1-14(15-5-4-6-18(9-15)35-3)29-23(33)21(13-32)31-12-17-8-7-16(10-19(17)24(31)34)22-20(26)11-28-25(27-2)30-22/h4-11,14,21,32H,12-13H2,1-3H3,(H,29,33)(H,27,28,30). The number of aromatic nitrogens is 2. The van der Waals surface area contributed by atoms with Crippen molar-refractivity contribution in [1.82, 2.24) is 20.2 Å². The molecule has 1 aliphatic heterocycles. The molecule has 0 spiro atoms. The van der Waals surface area contributed by atoms with Gasteiger partial charge >= 0.3 is 0 Å². The largest absolute Gasteiger partial charge is 0.497 e. The highest BCUT2D eigenvalue weighted by Gasteiger charge is 2.36. The monoisotopic (exact) mass is 495 g/mol. The number of rotatable bonds is 8. The lowest BCUT2D eigenvalue weighted by Gasteiger charge is -2.27. The molecule has 1 aromatic heterocycles. The lowest BCUT2D eigenvalue weighted by atomic mass is 10.0. The first-order valence-corrected chi connectivity index (χ1v) is 11.4. The van der Waals surface area contributed by atoms with Gasteiger partial charge in [0, 0.05) is 24.7 Å². The van der Waals surface area contributed by atoms with Crippen LogP contribution in [0.5, 0.6) is 5.75 Å². The van der Waals surface area contributed by atoms with E-state index in [4.69, 9.17) is 16.3 Å². The fraction of sp³-hybridized carbons (Fsp3) is 0.280. The first-order valence-electron chi connectivity index (χ1n) is 11.1. The van der Waals surface area contributed by atoms with Crippen LogP contribution in [0.25, 0.3) is 11.3 Å². The molecule has 2 atom stereocenters. The van der Waals surface area contributed by atoms with Crippen molar-refractivity contribution in [3.63, 3.8) is 0 Å². The van der Waals surface area contributed by atoms with E-state index in [2.05, 4.69) is 20.6 Å². The molecule has 10 heteroatoms. The maximum absolute atomic E-state index is 13.3. The zero-order valence-electron chi connectivity index (χ0n) is 19.6. The molecule has 0 bridgehead atoms. The summed E-state index contributed by atoms with van der Waals surface area (Å²) in [6, 6.07) is 11.3. The van der Waals surface area contributed by atoms with Crippen LogP contribution in [0, 0.1) is 0 Å². The number of hydrogen-bond donors (Lipinski definition) is 3. The van der Waals surface area contributed by atoms with Crippen molar-refractivity contribution in [3.8, 4) is 17.0 Å². The van der Waals surface area contributed by atoms with E-state index in [1.54, 1.807) is 20.2 Å². The van der Waals surface area contributed by atoms with Gasteiger partial charge in [0.25, 0.3) is 5.91 Å². The Morgan fingerprint density at radius 3 is 2.80 bits per heavy atom. The number of halogens is 1. The number of aliphatic hydroxyl groups excluding tert-OH is 1. The lowest BCUT2D eigenvalue weighted by Crippen LogP contribution is -2.49. The molecule has 3 N–H and O–H groups in total. The molecule has 0 saturated carbocycles. The number of fused-ring (bicyclic) bond motifs is 1. The quantitative estimate of drug-likeness (QED) is 0.439. The van der Waals surface area contributed by atoms with E-state index in [1.165, 1.54) is 11.1 Å². The van der Waals surface area contributed by atoms with Gasteiger partial charge in [0.2, 0.25) is 11.9 Å². The van der Waals surface area contributed by atoms with Crippen LogP contribution in [0.15, 0.2) is 48.7 Å². The number of anilines is 1. The summed E-state index contributed by atoms with van der Waals surface area (Å²) in [5.41, 5.74) is 3.18. The number of hydrogen-bond acceptors (Lipinski definition) is 7. The second-order valence-electron chi connectivity index (χ2n) is 8.15. The van der Waals surface area contributed by atoms with Gasteiger partial charge in [-0.15, -0.1) is 0 Å². The van der Waals surface area contributed by atoms with Gasteiger partial charge in [0.15, 0.2) is 0 Å². The fourth-order valence-corrected chi connectivity index (χ4v) is 4.24. The third-order valence-electron chi connectivity index (χ3n) is 5.99.